The molecule has 1 atom stereocenters. The number of allylic oxidation sites excluding steroid dienone is 3. The molecule has 0 heterocycles. The highest BCUT2D eigenvalue weighted by atomic mass is 14.9. The summed E-state index contributed by atoms with van der Waals surface area (Å²) in [6, 6.07) is 11.0. The lowest BCUT2D eigenvalue weighted by molar-refractivity contribution is 0.553. The zero-order valence-corrected chi connectivity index (χ0v) is 10.2. The summed E-state index contributed by atoms with van der Waals surface area (Å²) in [4.78, 5) is 0. The Kier molecular flexibility index (Phi) is 6.28. The van der Waals surface area contributed by atoms with Crippen LogP contribution in [0.3, 0.4) is 0 Å². The van der Waals surface area contributed by atoms with Gasteiger partial charge in [0.25, 0.3) is 0 Å². The van der Waals surface area contributed by atoms with Gasteiger partial charge in [0.15, 0.2) is 0 Å². The average molecular weight is 215 g/mol. The molecule has 0 aliphatic carbocycles. The van der Waals surface area contributed by atoms with Crippen molar-refractivity contribution in [2.75, 3.05) is 0 Å². The van der Waals surface area contributed by atoms with Gasteiger partial charge in [-0.05, 0) is 25.8 Å². The number of rotatable bonds is 6. The molecule has 86 valence electrons. The molecule has 0 bridgehead atoms. The molecule has 0 aliphatic heterocycles. The third-order valence-corrected chi connectivity index (χ3v) is 2.43. The van der Waals surface area contributed by atoms with Gasteiger partial charge in [-0.25, -0.2) is 0 Å². The van der Waals surface area contributed by atoms with E-state index < -0.39 is 0 Å². The number of nitrogens with one attached hydrogen (secondary N) is 1. The van der Waals surface area contributed by atoms with Gasteiger partial charge < -0.3 is 5.32 Å². The van der Waals surface area contributed by atoms with Crippen LogP contribution in [0, 0.1) is 0 Å². The Morgan fingerprint density at radius 2 is 1.94 bits per heavy atom. The van der Waals surface area contributed by atoms with Crippen molar-refractivity contribution in [2.45, 2.75) is 32.9 Å². The quantitative estimate of drug-likeness (QED) is 0.714. The third kappa shape index (κ3) is 5.52. The van der Waals surface area contributed by atoms with Gasteiger partial charge in [-0.3, -0.25) is 0 Å². The van der Waals surface area contributed by atoms with E-state index in [1.165, 1.54) is 5.56 Å². The molecule has 1 N–H and O–H groups in total. The number of hydrogen-bond acceptors (Lipinski definition) is 1. The molecule has 1 nitrogen and oxygen atoms in total. The number of hydrogen-bond donors (Lipinski definition) is 1. The van der Waals surface area contributed by atoms with E-state index in [0.29, 0.717) is 6.04 Å². The first kappa shape index (κ1) is 12.7. The average Bonchev–Trinajstić information content (AvgIpc) is 2.33. The molecule has 0 saturated carbocycles. The molecule has 16 heavy (non-hydrogen) atoms. The molecule has 1 unspecified atom stereocenters. The Labute approximate surface area is 98.9 Å². The minimum absolute atomic E-state index is 0.515. The SMILES string of the molecule is C/C=C/C=C/CC(C)NCc1ccccc1. The highest BCUT2D eigenvalue weighted by Crippen LogP contribution is 2.00. The maximum atomic E-state index is 3.50. The zero-order chi connectivity index (χ0) is 11.6. The fourth-order valence-corrected chi connectivity index (χ4v) is 1.44. The molecule has 0 fully saturated rings. The minimum atomic E-state index is 0.515. The lowest BCUT2D eigenvalue weighted by atomic mass is 10.2. The van der Waals surface area contributed by atoms with E-state index in [1.807, 2.05) is 19.1 Å². The molecule has 1 aromatic rings. The summed E-state index contributed by atoms with van der Waals surface area (Å²) in [5.74, 6) is 0. The summed E-state index contributed by atoms with van der Waals surface area (Å²) >= 11 is 0. The van der Waals surface area contributed by atoms with Crippen molar-refractivity contribution in [3.8, 4) is 0 Å². The van der Waals surface area contributed by atoms with Gasteiger partial charge in [0, 0.05) is 12.6 Å². The summed E-state index contributed by atoms with van der Waals surface area (Å²) in [7, 11) is 0. The van der Waals surface area contributed by atoms with Crippen LogP contribution in [0.1, 0.15) is 25.8 Å². The summed E-state index contributed by atoms with van der Waals surface area (Å²) in [6.07, 6.45) is 9.46. The topological polar surface area (TPSA) is 12.0 Å². The smallest absolute Gasteiger partial charge is 0.0208 e. The minimum Gasteiger partial charge on any atom is -0.310 e. The largest absolute Gasteiger partial charge is 0.310 e. The molecule has 0 spiro atoms. The van der Waals surface area contributed by atoms with E-state index in [9.17, 15) is 0 Å². The lowest BCUT2D eigenvalue weighted by Gasteiger charge is -2.11. The van der Waals surface area contributed by atoms with Crippen LogP contribution >= 0.6 is 0 Å². The highest BCUT2D eigenvalue weighted by Gasteiger charge is 1.97. The molecule has 1 rings (SSSR count). The summed E-state index contributed by atoms with van der Waals surface area (Å²) in [6.45, 7) is 5.18. The van der Waals surface area contributed by atoms with Crippen LogP contribution in [0.25, 0.3) is 0 Å². The Balaban J connectivity index is 2.22. The van der Waals surface area contributed by atoms with Crippen molar-refractivity contribution < 1.29 is 0 Å². The van der Waals surface area contributed by atoms with Crippen LogP contribution in [-0.2, 0) is 6.54 Å². The van der Waals surface area contributed by atoms with E-state index in [4.69, 9.17) is 0 Å². The monoisotopic (exact) mass is 215 g/mol. The molecular formula is C15H21N. The van der Waals surface area contributed by atoms with Crippen LogP contribution in [0.4, 0.5) is 0 Å². The fourth-order valence-electron chi connectivity index (χ4n) is 1.44. The molecule has 0 radical (unpaired) electrons. The maximum absolute atomic E-state index is 3.50. The first-order valence-electron chi connectivity index (χ1n) is 5.88. The Morgan fingerprint density at radius 1 is 1.19 bits per heavy atom. The van der Waals surface area contributed by atoms with Crippen molar-refractivity contribution in [3.05, 3.63) is 60.2 Å². The normalized spacial score (nSPS) is 13.6. The first-order valence-corrected chi connectivity index (χ1v) is 5.88. The zero-order valence-electron chi connectivity index (χ0n) is 10.2. The lowest BCUT2D eigenvalue weighted by Crippen LogP contribution is -2.24. The predicted octanol–water partition coefficient (Wildman–Crippen LogP) is 3.69. The van der Waals surface area contributed by atoms with Gasteiger partial charge >= 0.3 is 0 Å². The van der Waals surface area contributed by atoms with Crippen LogP contribution in [-0.4, -0.2) is 6.04 Å². The summed E-state index contributed by atoms with van der Waals surface area (Å²) < 4.78 is 0. The van der Waals surface area contributed by atoms with Crippen molar-refractivity contribution >= 4 is 0 Å². The second kappa shape index (κ2) is 7.89. The molecule has 0 aliphatic rings. The molecular weight excluding hydrogens is 194 g/mol. The fraction of sp³-hybridized carbons (Fsp3) is 0.333. The van der Waals surface area contributed by atoms with Crippen molar-refractivity contribution in [3.63, 3.8) is 0 Å². The second-order valence-corrected chi connectivity index (χ2v) is 3.96. The van der Waals surface area contributed by atoms with Crippen LogP contribution < -0.4 is 5.32 Å². The van der Waals surface area contributed by atoms with Gasteiger partial charge in [-0.1, -0.05) is 54.6 Å². The Morgan fingerprint density at radius 3 is 2.62 bits per heavy atom. The molecule has 0 saturated heterocycles. The second-order valence-electron chi connectivity index (χ2n) is 3.96. The molecule has 0 aromatic heterocycles. The van der Waals surface area contributed by atoms with Crippen molar-refractivity contribution in [1.29, 1.82) is 0 Å². The predicted molar refractivity (Wildman–Crippen MR) is 71.3 cm³/mol. The van der Waals surface area contributed by atoms with Crippen molar-refractivity contribution in [1.82, 2.24) is 5.32 Å². The van der Waals surface area contributed by atoms with Gasteiger partial charge in [-0.15, -0.1) is 0 Å². The van der Waals surface area contributed by atoms with Crippen molar-refractivity contribution in [2.24, 2.45) is 0 Å². The highest BCUT2D eigenvalue weighted by molar-refractivity contribution is 5.14. The van der Waals surface area contributed by atoms with E-state index in [-0.39, 0.29) is 0 Å². The van der Waals surface area contributed by atoms with E-state index in [2.05, 4.69) is 54.7 Å². The van der Waals surface area contributed by atoms with E-state index >= 15 is 0 Å². The summed E-state index contributed by atoms with van der Waals surface area (Å²) in [5, 5.41) is 3.50. The van der Waals surface area contributed by atoms with Crippen LogP contribution in [0.5, 0.6) is 0 Å². The van der Waals surface area contributed by atoms with Gasteiger partial charge in [0.05, 0.1) is 0 Å². The molecule has 1 aromatic carbocycles. The Hall–Kier alpha value is -1.34. The van der Waals surface area contributed by atoms with E-state index in [1.54, 1.807) is 0 Å². The maximum Gasteiger partial charge on any atom is 0.0208 e. The van der Waals surface area contributed by atoms with Gasteiger partial charge in [0.2, 0.25) is 0 Å². The first-order chi connectivity index (χ1) is 7.83. The molecule has 1 heteroatoms. The summed E-state index contributed by atoms with van der Waals surface area (Å²) in [5.41, 5.74) is 1.34. The Bertz CT molecular complexity index is 325. The van der Waals surface area contributed by atoms with E-state index in [0.717, 1.165) is 13.0 Å². The van der Waals surface area contributed by atoms with Gasteiger partial charge in [0.1, 0.15) is 0 Å². The standard InChI is InChI=1S/C15H21N/c1-3-4-5-7-10-14(2)16-13-15-11-8-6-9-12-15/h3-9,11-12,14,16H,10,13H2,1-2H3/b4-3+,7-5+. The third-order valence-electron chi connectivity index (χ3n) is 2.43. The van der Waals surface area contributed by atoms with Crippen LogP contribution in [0.15, 0.2) is 54.6 Å². The molecule has 0 amide bonds. The van der Waals surface area contributed by atoms with Gasteiger partial charge in [-0.2, -0.15) is 0 Å². The van der Waals surface area contributed by atoms with Crippen LogP contribution in [0.2, 0.25) is 0 Å². The number of benzene rings is 1.